The molecule has 0 fully saturated rings. The van der Waals surface area contributed by atoms with E-state index in [1.165, 1.54) is 16.7 Å². The fourth-order valence-electron chi connectivity index (χ4n) is 1.64. The molecule has 2 rings (SSSR count). The molecule has 0 amide bonds. The Balaban J connectivity index is 2.89. The Morgan fingerprint density at radius 1 is 1.28 bits per heavy atom. The summed E-state index contributed by atoms with van der Waals surface area (Å²) < 4.78 is 2.91. The molecule has 0 unspecified atom stereocenters. The largest absolute Gasteiger partial charge is 0.505 e. The van der Waals surface area contributed by atoms with Gasteiger partial charge in [-0.2, -0.15) is 0 Å². The predicted octanol–water partition coefficient (Wildman–Crippen LogP) is 1.15. The minimum absolute atomic E-state index is 0.0684. The van der Waals surface area contributed by atoms with Crippen LogP contribution in [-0.4, -0.2) is 14.2 Å². The highest BCUT2D eigenvalue weighted by atomic mass is 127. The summed E-state index contributed by atoms with van der Waals surface area (Å²) in [7, 11) is 1.58. The van der Waals surface area contributed by atoms with Crippen LogP contribution in [0, 0.1) is 10.5 Å². The van der Waals surface area contributed by atoms with Gasteiger partial charge in [0.25, 0.3) is 5.56 Å². The van der Waals surface area contributed by atoms with Gasteiger partial charge in [-0.3, -0.25) is 4.79 Å². The van der Waals surface area contributed by atoms with E-state index in [1.54, 1.807) is 26.1 Å². The van der Waals surface area contributed by atoms with Crippen molar-refractivity contribution in [2.24, 2.45) is 7.05 Å². The number of hydrogen-bond acceptors (Lipinski definition) is 3. The Morgan fingerprint density at radius 3 is 2.61 bits per heavy atom. The summed E-state index contributed by atoms with van der Waals surface area (Å²) >= 11 is 1.94. The standard InChI is InChI=1S/C12H11IN2O3/c1-7-6-10(16)15(12(18)14(7)2)9-5-3-4-8(13)11(9)17/h3-6,17H,1-2H3. The summed E-state index contributed by atoms with van der Waals surface area (Å²) in [6.45, 7) is 1.68. The van der Waals surface area contributed by atoms with Gasteiger partial charge in [0.1, 0.15) is 0 Å². The maximum absolute atomic E-state index is 12.1. The molecule has 0 aliphatic heterocycles. The van der Waals surface area contributed by atoms with Crippen molar-refractivity contribution in [3.05, 3.63) is 54.4 Å². The zero-order valence-corrected chi connectivity index (χ0v) is 12.0. The van der Waals surface area contributed by atoms with Crippen LogP contribution < -0.4 is 11.2 Å². The number of phenols is 1. The zero-order chi connectivity index (χ0) is 13.4. The van der Waals surface area contributed by atoms with E-state index < -0.39 is 11.2 Å². The molecular weight excluding hydrogens is 347 g/mol. The molecule has 1 N–H and O–H groups in total. The monoisotopic (exact) mass is 358 g/mol. The van der Waals surface area contributed by atoms with E-state index in [2.05, 4.69) is 0 Å². The van der Waals surface area contributed by atoms with Crippen molar-refractivity contribution >= 4 is 22.6 Å². The second-order valence-corrected chi connectivity index (χ2v) is 5.07. The van der Waals surface area contributed by atoms with Crippen molar-refractivity contribution in [1.82, 2.24) is 9.13 Å². The van der Waals surface area contributed by atoms with Gasteiger partial charge in [0.2, 0.25) is 0 Å². The lowest BCUT2D eigenvalue weighted by atomic mass is 10.3. The van der Waals surface area contributed by atoms with E-state index in [1.807, 2.05) is 22.6 Å². The van der Waals surface area contributed by atoms with Gasteiger partial charge >= 0.3 is 5.69 Å². The third-order valence-corrected chi connectivity index (χ3v) is 3.64. The number of aromatic hydroxyl groups is 1. The number of rotatable bonds is 1. The van der Waals surface area contributed by atoms with Crippen molar-refractivity contribution in [3.63, 3.8) is 0 Å². The van der Waals surface area contributed by atoms with Crippen molar-refractivity contribution < 1.29 is 5.11 Å². The number of phenolic OH excluding ortho intramolecular Hbond substituents is 1. The summed E-state index contributed by atoms with van der Waals surface area (Å²) in [5.74, 6) is -0.0684. The van der Waals surface area contributed by atoms with Gasteiger partial charge in [-0.25, -0.2) is 9.36 Å². The molecule has 1 aromatic heterocycles. The second kappa shape index (κ2) is 4.60. The van der Waals surface area contributed by atoms with E-state index in [0.717, 1.165) is 4.57 Å². The summed E-state index contributed by atoms with van der Waals surface area (Å²) in [6, 6.07) is 6.28. The smallest absolute Gasteiger partial charge is 0.335 e. The Hall–Kier alpha value is -1.57. The van der Waals surface area contributed by atoms with Crippen LogP contribution in [-0.2, 0) is 7.05 Å². The Kier molecular flexibility index (Phi) is 3.29. The summed E-state index contributed by atoms with van der Waals surface area (Å²) in [5, 5.41) is 9.94. The van der Waals surface area contributed by atoms with Crippen molar-refractivity contribution in [2.45, 2.75) is 6.92 Å². The topological polar surface area (TPSA) is 64.2 Å². The molecule has 0 aliphatic rings. The number of nitrogens with zero attached hydrogens (tertiary/aromatic N) is 2. The first-order valence-corrected chi connectivity index (χ1v) is 6.29. The second-order valence-electron chi connectivity index (χ2n) is 3.91. The van der Waals surface area contributed by atoms with Crippen LogP contribution in [0.4, 0.5) is 0 Å². The molecule has 6 heteroatoms. The van der Waals surface area contributed by atoms with E-state index >= 15 is 0 Å². The van der Waals surface area contributed by atoms with Gasteiger partial charge in [-0.15, -0.1) is 0 Å². The minimum atomic E-state index is -0.475. The molecular formula is C12H11IN2O3. The highest BCUT2D eigenvalue weighted by Gasteiger charge is 2.13. The van der Waals surface area contributed by atoms with Crippen molar-refractivity contribution in [3.8, 4) is 11.4 Å². The molecule has 1 aromatic carbocycles. The number of aryl methyl sites for hydroxylation is 1. The van der Waals surface area contributed by atoms with E-state index in [4.69, 9.17) is 0 Å². The van der Waals surface area contributed by atoms with Crippen LogP contribution in [0.1, 0.15) is 5.69 Å². The third-order valence-electron chi connectivity index (χ3n) is 2.77. The van der Waals surface area contributed by atoms with Crippen LogP contribution in [0.25, 0.3) is 5.69 Å². The highest BCUT2D eigenvalue weighted by molar-refractivity contribution is 14.1. The molecule has 94 valence electrons. The molecule has 0 bridgehead atoms. The summed E-state index contributed by atoms with van der Waals surface area (Å²) in [6.07, 6.45) is 0. The highest BCUT2D eigenvalue weighted by Crippen LogP contribution is 2.25. The Bertz CT molecular complexity index is 731. The van der Waals surface area contributed by atoms with Gasteiger partial charge in [0.05, 0.1) is 9.26 Å². The average Bonchev–Trinajstić information content (AvgIpc) is 2.32. The lowest BCUT2D eigenvalue weighted by Crippen LogP contribution is -2.38. The first-order chi connectivity index (χ1) is 8.43. The van der Waals surface area contributed by atoms with Crippen LogP contribution in [0.3, 0.4) is 0 Å². The van der Waals surface area contributed by atoms with Crippen molar-refractivity contribution in [1.29, 1.82) is 0 Å². The molecule has 5 nitrogen and oxygen atoms in total. The van der Waals surface area contributed by atoms with E-state index in [9.17, 15) is 14.7 Å². The maximum atomic E-state index is 12.1. The molecule has 0 saturated carbocycles. The number of aromatic nitrogens is 2. The normalized spacial score (nSPS) is 10.6. The first kappa shape index (κ1) is 12.9. The lowest BCUT2D eigenvalue weighted by Gasteiger charge is -2.11. The average molecular weight is 358 g/mol. The molecule has 1 heterocycles. The van der Waals surface area contributed by atoms with Gasteiger partial charge in [0, 0.05) is 18.8 Å². The zero-order valence-electron chi connectivity index (χ0n) is 9.85. The maximum Gasteiger partial charge on any atom is 0.335 e. The van der Waals surface area contributed by atoms with Crippen LogP contribution in [0.15, 0.2) is 33.9 Å². The quantitative estimate of drug-likeness (QED) is 0.779. The van der Waals surface area contributed by atoms with Crippen LogP contribution >= 0.6 is 22.6 Å². The van der Waals surface area contributed by atoms with Crippen LogP contribution in [0.2, 0.25) is 0 Å². The molecule has 18 heavy (non-hydrogen) atoms. The molecule has 0 saturated heterocycles. The van der Waals surface area contributed by atoms with Crippen molar-refractivity contribution in [2.75, 3.05) is 0 Å². The number of halogens is 1. The Morgan fingerprint density at radius 2 is 1.94 bits per heavy atom. The summed E-state index contributed by atoms with van der Waals surface area (Å²) in [4.78, 5) is 24.0. The molecule has 2 aromatic rings. The molecule has 0 atom stereocenters. The SMILES string of the molecule is Cc1cc(=O)n(-c2cccc(I)c2O)c(=O)n1C. The third kappa shape index (κ3) is 1.96. The molecule has 0 radical (unpaired) electrons. The number of para-hydroxylation sites is 1. The van der Waals surface area contributed by atoms with E-state index in [0.29, 0.717) is 9.26 Å². The van der Waals surface area contributed by atoms with Gasteiger partial charge < -0.3 is 9.67 Å². The van der Waals surface area contributed by atoms with E-state index in [-0.39, 0.29) is 11.4 Å². The molecule has 0 aliphatic carbocycles. The predicted molar refractivity (Wildman–Crippen MR) is 76.4 cm³/mol. The Labute approximate surface area is 116 Å². The summed E-state index contributed by atoms with van der Waals surface area (Å²) in [5.41, 5.74) is -0.149. The molecule has 0 spiro atoms. The van der Waals surface area contributed by atoms with Gasteiger partial charge in [-0.05, 0) is 41.6 Å². The first-order valence-electron chi connectivity index (χ1n) is 5.21. The fraction of sp³-hybridized carbons (Fsp3) is 0.167. The number of benzene rings is 1. The minimum Gasteiger partial charge on any atom is -0.505 e. The fourth-order valence-corrected chi connectivity index (χ4v) is 2.13. The lowest BCUT2D eigenvalue weighted by molar-refractivity contribution is 0.466. The van der Waals surface area contributed by atoms with Gasteiger partial charge in [-0.1, -0.05) is 6.07 Å². The number of hydrogen-bond donors (Lipinski definition) is 1. The van der Waals surface area contributed by atoms with Crippen LogP contribution in [0.5, 0.6) is 5.75 Å². The van der Waals surface area contributed by atoms with Gasteiger partial charge in [0.15, 0.2) is 5.75 Å².